The molecule has 8 heteroatoms. The fraction of sp³-hybridized carbons (Fsp3) is 0.182. The minimum Gasteiger partial charge on any atom is -0.478 e. The lowest BCUT2D eigenvalue weighted by Gasteiger charge is -2.07. The van der Waals surface area contributed by atoms with Crippen LogP contribution in [0.25, 0.3) is 0 Å². The Hall–Kier alpha value is -2.64. The molecule has 1 aromatic rings. The summed E-state index contributed by atoms with van der Waals surface area (Å²) in [5.41, 5.74) is 4.46. The normalized spacial score (nSPS) is 9.74. The van der Waals surface area contributed by atoms with E-state index in [-0.39, 0.29) is 18.7 Å². The third-order valence-electron chi connectivity index (χ3n) is 2.11. The second kappa shape index (κ2) is 6.34. The quantitative estimate of drug-likeness (QED) is 0.622. The van der Waals surface area contributed by atoms with E-state index in [1.807, 2.05) is 0 Å². The molecule has 0 saturated heterocycles. The molecule has 0 atom stereocenters. The Labute approximate surface area is 107 Å². The van der Waals surface area contributed by atoms with Crippen molar-refractivity contribution in [3.63, 3.8) is 0 Å². The average molecular weight is 269 g/mol. The van der Waals surface area contributed by atoms with Crippen LogP contribution in [0, 0.1) is 5.82 Å². The minimum absolute atomic E-state index is 0.0167. The number of carbonyl (C=O) groups excluding carboxylic acids is 2. The first-order valence-electron chi connectivity index (χ1n) is 5.26. The van der Waals surface area contributed by atoms with Crippen molar-refractivity contribution in [2.45, 2.75) is 6.42 Å². The first kappa shape index (κ1) is 14.4. The Morgan fingerprint density at radius 1 is 1.32 bits per heavy atom. The fourth-order valence-electron chi connectivity index (χ4n) is 1.24. The van der Waals surface area contributed by atoms with Crippen LogP contribution in [0.4, 0.5) is 14.9 Å². The Morgan fingerprint density at radius 3 is 2.58 bits per heavy atom. The van der Waals surface area contributed by atoms with Crippen LogP contribution in [0.15, 0.2) is 18.2 Å². The molecular weight excluding hydrogens is 257 g/mol. The molecule has 0 aliphatic rings. The van der Waals surface area contributed by atoms with Crippen LogP contribution >= 0.6 is 0 Å². The molecule has 0 unspecified atom stereocenters. The number of anilines is 1. The van der Waals surface area contributed by atoms with E-state index < -0.39 is 29.3 Å². The summed E-state index contributed by atoms with van der Waals surface area (Å²) >= 11 is 0. The number of hydrogen-bond acceptors (Lipinski definition) is 3. The number of nitrogens with one attached hydrogen (secondary N) is 2. The molecule has 102 valence electrons. The third-order valence-corrected chi connectivity index (χ3v) is 2.11. The van der Waals surface area contributed by atoms with Crippen molar-refractivity contribution in [2.75, 3.05) is 11.9 Å². The summed E-state index contributed by atoms with van der Waals surface area (Å²) in [6.45, 7) is 0.0498. The summed E-state index contributed by atoms with van der Waals surface area (Å²) in [4.78, 5) is 32.5. The number of benzene rings is 1. The molecule has 0 aliphatic carbocycles. The van der Waals surface area contributed by atoms with Crippen LogP contribution in [-0.4, -0.2) is 29.6 Å². The van der Waals surface area contributed by atoms with E-state index in [1.165, 1.54) is 6.07 Å². The van der Waals surface area contributed by atoms with Crippen LogP contribution < -0.4 is 16.4 Å². The first-order valence-corrected chi connectivity index (χ1v) is 5.26. The first-order chi connectivity index (χ1) is 8.90. The third kappa shape index (κ3) is 4.62. The molecule has 1 aromatic carbocycles. The molecule has 0 spiro atoms. The zero-order valence-electron chi connectivity index (χ0n) is 9.77. The van der Waals surface area contributed by atoms with Crippen molar-refractivity contribution in [3.05, 3.63) is 29.6 Å². The number of hydrogen-bond donors (Lipinski definition) is 4. The van der Waals surface area contributed by atoms with Gasteiger partial charge in [0.25, 0.3) is 0 Å². The van der Waals surface area contributed by atoms with Gasteiger partial charge in [-0.25, -0.2) is 14.0 Å². The molecule has 3 amide bonds. The van der Waals surface area contributed by atoms with Gasteiger partial charge in [0.05, 0.1) is 5.56 Å². The van der Waals surface area contributed by atoms with E-state index in [4.69, 9.17) is 10.8 Å². The fourth-order valence-corrected chi connectivity index (χ4v) is 1.24. The lowest BCUT2D eigenvalue weighted by molar-refractivity contribution is -0.117. The van der Waals surface area contributed by atoms with E-state index in [0.29, 0.717) is 0 Å². The number of carbonyl (C=O) groups is 3. The van der Waals surface area contributed by atoms with Gasteiger partial charge in [-0.15, -0.1) is 0 Å². The maximum absolute atomic E-state index is 13.1. The molecule has 0 fully saturated rings. The highest BCUT2D eigenvalue weighted by Gasteiger charge is 2.11. The molecular formula is C11H12FN3O4. The number of primary amides is 1. The molecule has 0 aromatic heterocycles. The van der Waals surface area contributed by atoms with Gasteiger partial charge >= 0.3 is 12.0 Å². The second-order valence-electron chi connectivity index (χ2n) is 3.60. The highest BCUT2D eigenvalue weighted by molar-refractivity contribution is 5.93. The average Bonchev–Trinajstić information content (AvgIpc) is 2.30. The lowest BCUT2D eigenvalue weighted by Crippen LogP contribution is -2.31. The number of carboxylic acids is 1. The summed E-state index contributed by atoms with van der Waals surface area (Å²) < 4.78 is 13.1. The number of amides is 3. The molecule has 5 N–H and O–H groups in total. The molecule has 7 nitrogen and oxygen atoms in total. The summed E-state index contributed by atoms with van der Waals surface area (Å²) in [5, 5.41) is 13.3. The predicted molar refractivity (Wildman–Crippen MR) is 64.2 cm³/mol. The Morgan fingerprint density at radius 2 is 2.00 bits per heavy atom. The van der Waals surface area contributed by atoms with Crippen molar-refractivity contribution < 1.29 is 23.9 Å². The molecule has 0 bridgehead atoms. The zero-order valence-corrected chi connectivity index (χ0v) is 9.77. The highest BCUT2D eigenvalue weighted by atomic mass is 19.1. The van der Waals surface area contributed by atoms with Crippen molar-refractivity contribution in [3.8, 4) is 0 Å². The van der Waals surface area contributed by atoms with Gasteiger partial charge in [0.15, 0.2) is 0 Å². The summed E-state index contributed by atoms with van der Waals surface area (Å²) in [5.74, 6) is -2.89. The van der Waals surface area contributed by atoms with Crippen molar-refractivity contribution >= 4 is 23.6 Å². The van der Waals surface area contributed by atoms with Gasteiger partial charge in [0.2, 0.25) is 5.91 Å². The maximum Gasteiger partial charge on any atom is 0.338 e. The number of urea groups is 1. The molecule has 0 heterocycles. The van der Waals surface area contributed by atoms with E-state index >= 15 is 0 Å². The molecule has 0 radical (unpaired) electrons. The van der Waals surface area contributed by atoms with Crippen LogP contribution in [0.1, 0.15) is 16.8 Å². The largest absolute Gasteiger partial charge is 0.478 e. The number of aromatic carboxylic acids is 1. The van der Waals surface area contributed by atoms with E-state index in [0.717, 1.165) is 12.1 Å². The summed E-state index contributed by atoms with van der Waals surface area (Å²) in [6, 6.07) is 2.49. The predicted octanol–water partition coefficient (Wildman–Crippen LogP) is 0.521. The second-order valence-corrected chi connectivity index (χ2v) is 3.60. The monoisotopic (exact) mass is 269 g/mol. The van der Waals surface area contributed by atoms with Crippen LogP contribution in [-0.2, 0) is 4.79 Å². The van der Waals surface area contributed by atoms with E-state index in [2.05, 4.69) is 10.6 Å². The topological polar surface area (TPSA) is 122 Å². The molecule has 19 heavy (non-hydrogen) atoms. The lowest BCUT2D eigenvalue weighted by atomic mass is 10.2. The van der Waals surface area contributed by atoms with Gasteiger partial charge in [0.1, 0.15) is 5.82 Å². The van der Waals surface area contributed by atoms with E-state index in [9.17, 15) is 18.8 Å². The van der Waals surface area contributed by atoms with Gasteiger partial charge in [-0.1, -0.05) is 0 Å². The van der Waals surface area contributed by atoms with Crippen LogP contribution in [0.5, 0.6) is 0 Å². The SMILES string of the molecule is NC(=O)CCNC(=O)Nc1ccc(F)c(C(=O)O)c1. The Balaban J connectivity index is 2.62. The van der Waals surface area contributed by atoms with Gasteiger partial charge in [0, 0.05) is 18.7 Å². The van der Waals surface area contributed by atoms with Gasteiger partial charge < -0.3 is 21.5 Å². The van der Waals surface area contributed by atoms with E-state index in [1.54, 1.807) is 0 Å². The Bertz CT molecular complexity index is 519. The van der Waals surface area contributed by atoms with Crippen LogP contribution in [0.2, 0.25) is 0 Å². The molecule has 0 saturated carbocycles. The summed E-state index contributed by atoms with van der Waals surface area (Å²) in [6.07, 6.45) is -0.0167. The zero-order chi connectivity index (χ0) is 14.4. The summed E-state index contributed by atoms with van der Waals surface area (Å²) in [7, 11) is 0. The highest BCUT2D eigenvalue weighted by Crippen LogP contribution is 2.14. The van der Waals surface area contributed by atoms with Gasteiger partial charge in [-0.3, -0.25) is 4.79 Å². The maximum atomic E-state index is 13.1. The number of rotatable bonds is 5. The number of carboxylic acid groups (broad SMARTS) is 1. The van der Waals surface area contributed by atoms with Crippen molar-refractivity contribution in [2.24, 2.45) is 5.73 Å². The number of halogens is 1. The van der Waals surface area contributed by atoms with Crippen LogP contribution in [0.3, 0.4) is 0 Å². The number of nitrogens with two attached hydrogens (primary N) is 1. The van der Waals surface area contributed by atoms with Crippen molar-refractivity contribution in [1.29, 1.82) is 0 Å². The molecule has 0 aliphatic heterocycles. The standard InChI is InChI=1S/C11H12FN3O4/c12-8-2-1-6(5-7(8)10(17)18)15-11(19)14-4-3-9(13)16/h1-2,5H,3-4H2,(H2,13,16)(H,17,18)(H2,14,15,19). The van der Waals surface area contributed by atoms with Crippen molar-refractivity contribution in [1.82, 2.24) is 5.32 Å². The molecule has 1 rings (SSSR count). The smallest absolute Gasteiger partial charge is 0.338 e. The van der Waals surface area contributed by atoms with Gasteiger partial charge in [-0.2, -0.15) is 0 Å². The minimum atomic E-state index is -1.43. The Kier molecular flexibility index (Phi) is 4.81. The van der Waals surface area contributed by atoms with Gasteiger partial charge in [-0.05, 0) is 18.2 Å².